The molecular weight excluding hydrogens is 349 g/mol. The first-order valence-corrected chi connectivity index (χ1v) is 9.16. The molecule has 1 heterocycles. The molecular formula is C21H24FNO4. The van der Waals surface area contributed by atoms with Gasteiger partial charge in [0.1, 0.15) is 0 Å². The molecule has 0 saturated carbocycles. The largest absolute Gasteiger partial charge is 0.505 e. The van der Waals surface area contributed by atoms with Gasteiger partial charge in [-0.3, -0.25) is 4.79 Å². The van der Waals surface area contributed by atoms with Crippen molar-refractivity contribution >= 4 is 11.6 Å². The number of ether oxygens (including phenoxy) is 2. The first-order chi connectivity index (χ1) is 13.1. The summed E-state index contributed by atoms with van der Waals surface area (Å²) in [7, 11) is 0. The number of aromatic hydroxyl groups is 1. The number of phenols is 1. The number of nitrogens with one attached hydrogen (secondary N) is 1. The Morgan fingerprint density at radius 2 is 2.11 bits per heavy atom. The molecule has 0 bridgehead atoms. The summed E-state index contributed by atoms with van der Waals surface area (Å²) in [6.45, 7) is 1.80. The minimum absolute atomic E-state index is 0.152. The summed E-state index contributed by atoms with van der Waals surface area (Å²) in [6, 6.07) is 11.6. The van der Waals surface area contributed by atoms with E-state index in [4.69, 9.17) is 9.47 Å². The molecule has 1 unspecified atom stereocenters. The minimum atomic E-state index is -0.764. The van der Waals surface area contributed by atoms with Crippen LogP contribution in [0, 0.1) is 5.82 Å². The summed E-state index contributed by atoms with van der Waals surface area (Å²) in [5.41, 5.74) is 1.71. The molecule has 144 valence electrons. The van der Waals surface area contributed by atoms with Gasteiger partial charge in [-0.2, -0.15) is 0 Å². The standard InChI is InChI=1S/C21H24FNO4/c22-21-16(6-4-9-19(21)24)12-20(25)23-17-7-3-5-15(11-17)13-26-14-18-8-1-2-10-27-18/h3-7,9,11,18,24H,1-2,8,10,12-14H2,(H,23,25). The highest BCUT2D eigenvalue weighted by molar-refractivity contribution is 5.92. The van der Waals surface area contributed by atoms with Crippen LogP contribution in [0.2, 0.25) is 0 Å². The third-order valence-electron chi connectivity index (χ3n) is 4.47. The Labute approximate surface area is 158 Å². The second-order valence-corrected chi connectivity index (χ2v) is 6.68. The first-order valence-electron chi connectivity index (χ1n) is 9.16. The van der Waals surface area contributed by atoms with Crippen LogP contribution in [0.1, 0.15) is 30.4 Å². The summed E-state index contributed by atoms with van der Waals surface area (Å²) in [5.74, 6) is -1.57. The number of phenolic OH excluding ortho intramolecular Hbond substituents is 1. The van der Waals surface area contributed by atoms with Gasteiger partial charge < -0.3 is 19.9 Å². The van der Waals surface area contributed by atoms with E-state index in [0.717, 1.165) is 25.0 Å². The lowest BCUT2D eigenvalue weighted by Crippen LogP contribution is -2.24. The van der Waals surface area contributed by atoms with Gasteiger partial charge >= 0.3 is 0 Å². The average molecular weight is 373 g/mol. The molecule has 6 heteroatoms. The molecule has 3 rings (SSSR count). The molecule has 1 amide bonds. The maximum atomic E-state index is 13.8. The summed E-state index contributed by atoms with van der Waals surface area (Å²) < 4.78 is 25.2. The average Bonchev–Trinajstić information content (AvgIpc) is 2.67. The molecule has 1 fully saturated rings. The Hall–Kier alpha value is -2.44. The summed E-state index contributed by atoms with van der Waals surface area (Å²) in [5, 5.41) is 12.1. The number of anilines is 1. The number of benzene rings is 2. The minimum Gasteiger partial charge on any atom is -0.505 e. The fourth-order valence-corrected chi connectivity index (χ4v) is 3.07. The molecule has 0 aromatic heterocycles. The SMILES string of the molecule is O=C(Cc1cccc(O)c1F)Nc1cccc(COCC2CCCCO2)c1. The number of amides is 1. The second-order valence-electron chi connectivity index (χ2n) is 6.68. The Bertz CT molecular complexity index is 775. The van der Waals surface area contributed by atoms with Crippen molar-refractivity contribution in [2.75, 3.05) is 18.5 Å². The highest BCUT2D eigenvalue weighted by Gasteiger charge is 2.14. The van der Waals surface area contributed by atoms with Gasteiger partial charge in [0.05, 0.1) is 25.7 Å². The third-order valence-corrected chi connectivity index (χ3v) is 4.47. The van der Waals surface area contributed by atoms with Gasteiger partial charge in [0.25, 0.3) is 0 Å². The lowest BCUT2D eigenvalue weighted by atomic mass is 10.1. The van der Waals surface area contributed by atoms with Crippen LogP contribution in [0.4, 0.5) is 10.1 Å². The van der Waals surface area contributed by atoms with Crippen molar-refractivity contribution in [3.8, 4) is 5.75 Å². The maximum absolute atomic E-state index is 13.8. The van der Waals surface area contributed by atoms with E-state index in [1.807, 2.05) is 18.2 Å². The van der Waals surface area contributed by atoms with Crippen molar-refractivity contribution in [3.05, 3.63) is 59.4 Å². The van der Waals surface area contributed by atoms with Crippen molar-refractivity contribution in [1.82, 2.24) is 0 Å². The number of halogens is 1. The first kappa shape index (κ1) is 19.3. The van der Waals surface area contributed by atoms with E-state index in [1.165, 1.54) is 24.6 Å². The molecule has 2 N–H and O–H groups in total. The van der Waals surface area contributed by atoms with E-state index >= 15 is 0 Å². The summed E-state index contributed by atoms with van der Waals surface area (Å²) in [6.07, 6.45) is 3.33. The van der Waals surface area contributed by atoms with Crippen molar-refractivity contribution < 1.29 is 23.8 Å². The van der Waals surface area contributed by atoms with E-state index in [-0.39, 0.29) is 24.0 Å². The lowest BCUT2D eigenvalue weighted by Gasteiger charge is -2.22. The fourth-order valence-electron chi connectivity index (χ4n) is 3.07. The van der Waals surface area contributed by atoms with Gasteiger partial charge in [0, 0.05) is 17.9 Å². The van der Waals surface area contributed by atoms with Crippen LogP contribution in [0.15, 0.2) is 42.5 Å². The van der Waals surface area contributed by atoms with E-state index in [9.17, 15) is 14.3 Å². The van der Waals surface area contributed by atoms with Crippen molar-refractivity contribution in [2.24, 2.45) is 0 Å². The Balaban J connectivity index is 1.50. The van der Waals surface area contributed by atoms with E-state index in [1.54, 1.807) is 6.07 Å². The van der Waals surface area contributed by atoms with Crippen LogP contribution >= 0.6 is 0 Å². The number of hydrogen-bond donors (Lipinski definition) is 2. The molecule has 27 heavy (non-hydrogen) atoms. The summed E-state index contributed by atoms with van der Waals surface area (Å²) in [4.78, 5) is 12.2. The van der Waals surface area contributed by atoms with Gasteiger partial charge in [-0.1, -0.05) is 24.3 Å². The van der Waals surface area contributed by atoms with Crippen LogP contribution in [0.25, 0.3) is 0 Å². The van der Waals surface area contributed by atoms with Gasteiger partial charge in [-0.15, -0.1) is 0 Å². The predicted molar refractivity (Wildman–Crippen MR) is 100 cm³/mol. The highest BCUT2D eigenvalue weighted by atomic mass is 19.1. The van der Waals surface area contributed by atoms with Crippen molar-refractivity contribution in [1.29, 1.82) is 0 Å². The molecule has 1 aliphatic heterocycles. The number of rotatable bonds is 7. The van der Waals surface area contributed by atoms with Crippen LogP contribution < -0.4 is 5.32 Å². The molecule has 0 radical (unpaired) electrons. The van der Waals surface area contributed by atoms with Crippen LogP contribution in [0.5, 0.6) is 5.75 Å². The Morgan fingerprint density at radius 3 is 2.93 bits per heavy atom. The lowest BCUT2D eigenvalue weighted by molar-refractivity contribution is -0.115. The number of carbonyl (C=O) groups excluding carboxylic acids is 1. The van der Waals surface area contributed by atoms with Crippen molar-refractivity contribution in [2.45, 2.75) is 38.4 Å². The zero-order valence-electron chi connectivity index (χ0n) is 15.1. The van der Waals surface area contributed by atoms with Gasteiger partial charge in [-0.25, -0.2) is 4.39 Å². The van der Waals surface area contributed by atoms with E-state index < -0.39 is 11.6 Å². The maximum Gasteiger partial charge on any atom is 0.228 e. The summed E-state index contributed by atoms with van der Waals surface area (Å²) >= 11 is 0. The molecule has 2 aromatic carbocycles. The highest BCUT2D eigenvalue weighted by Crippen LogP contribution is 2.20. The quantitative estimate of drug-likeness (QED) is 0.775. The molecule has 1 saturated heterocycles. The van der Waals surface area contributed by atoms with Gasteiger partial charge in [0.2, 0.25) is 5.91 Å². The molecule has 5 nitrogen and oxygen atoms in total. The van der Waals surface area contributed by atoms with Crippen LogP contribution in [0.3, 0.4) is 0 Å². The molecule has 0 aliphatic carbocycles. The molecule has 1 atom stereocenters. The Morgan fingerprint density at radius 1 is 1.26 bits per heavy atom. The van der Waals surface area contributed by atoms with Crippen molar-refractivity contribution in [3.63, 3.8) is 0 Å². The third kappa shape index (κ3) is 5.77. The normalized spacial score (nSPS) is 16.9. The van der Waals surface area contributed by atoms with Gasteiger partial charge in [-0.05, 0) is 43.0 Å². The molecule has 0 spiro atoms. The predicted octanol–water partition coefficient (Wildman–Crippen LogP) is 3.80. The zero-order valence-corrected chi connectivity index (χ0v) is 15.1. The van der Waals surface area contributed by atoms with Gasteiger partial charge in [0.15, 0.2) is 11.6 Å². The zero-order chi connectivity index (χ0) is 19.1. The topological polar surface area (TPSA) is 67.8 Å². The van der Waals surface area contributed by atoms with E-state index in [0.29, 0.717) is 18.9 Å². The molecule has 1 aliphatic rings. The van der Waals surface area contributed by atoms with Crippen LogP contribution in [-0.2, 0) is 27.3 Å². The smallest absolute Gasteiger partial charge is 0.228 e. The fraction of sp³-hybridized carbons (Fsp3) is 0.381. The van der Waals surface area contributed by atoms with Crippen LogP contribution in [-0.4, -0.2) is 30.3 Å². The Kier molecular flexibility index (Phi) is 6.79. The van der Waals surface area contributed by atoms with E-state index in [2.05, 4.69) is 5.32 Å². The monoisotopic (exact) mass is 373 g/mol. The number of hydrogen-bond acceptors (Lipinski definition) is 4. The second kappa shape index (κ2) is 9.48. The molecule has 2 aromatic rings. The number of carbonyl (C=O) groups is 1.